The summed E-state index contributed by atoms with van der Waals surface area (Å²) in [5.41, 5.74) is 1.73. The lowest BCUT2D eigenvalue weighted by Gasteiger charge is -2.02. The van der Waals surface area contributed by atoms with Crippen molar-refractivity contribution in [1.29, 1.82) is 0 Å². The number of carbonyl (C=O) groups excluding carboxylic acids is 1. The monoisotopic (exact) mass is 401 g/mol. The molecule has 0 fully saturated rings. The lowest BCUT2D eigenvalue weighted by molar-refractivity contribution is 0.102. The van der Waals surface area contributed by atoms with Gasteiger partial charge in [0, 0.05) is 6.20 Å². The van der Waals surface area contributed by atoms with Crippen LogP contribution >= 0.6 is 22.9 Å². The van der Waals surface area contributed by atoms with Gasteiger partial charge in [0.05, 0.1) is 17.1 Å². The fourth-order valence-corrected chi connectivity index (χ4v) is 3.44. The Bertz CT molecular complexity index is 1090. The number of nitrogens with zero attached hydrogens (tertiary/aromatic N) is 3. The smallest absolute Gasteiger partial charge is 0.277 e. The molecule has 4 rings (SSSR count). The summed E-state index contributed by atoms with van der Waals surface area (Å²) in [6.07, 6.45) is 1.57. The molecular weight excluding hydrogens is 389 g/mol. The molecule has 2 N–H and O–H groups in total. The maximum Gasteiger partial charge on any atom is 0.277 e. The number of halogens is 2. The Hall–Kier alpha value is -2.97. The Balaban J connectivity index is 1.48. The molecular formula is C18H13ClFN5OS. The number of rotatable bonds is 5. The molecule has 0 atom stereocenters. The van der Waals surface area contributed by atoms with Crippen LogP contribution in [0.2, 0.25) is 5.02 Å². The Morgan fingerprint density at radius 3 is 2.96 bits per heavy atom. The standard InChI is InChI=1S/C18H13ClFN5OS/c19-13-10-25(9-11-3-1-4-12(20)7-11)24-17(13)21-18(26)15-8-14(22-23-15)16-5-2-6-27-16/h1-8,10H,9H2,(H,22,23)(H,21,24,26). The van der Waals surface area contributed by atoms with Crippen LogP contribution in [0.4, 0.5) is 10.2 Å². The summed E-state index contributed by atoms with van der Waals surface area (Å²) in [5, 5.41) is 16.0. The second-order valence-electron chi connectivity index (χ2n) is 5.75. The van der Waals surface area contributed by atoms with E-state index in [0.717, 1.165) is 16.1 Å². The van der Waals surface area contributed by atoms with Crippen molar-refractivity contribution in [3.8, 4) is 10.6 Å². The van der Waals surface area contributed by atoms with Crippen molar-refractivity contribution in [1.82, 2.24) is 20.0 Å². The third-order valence-corrected chi connectivity index (χ3v) is 4.96. The molecule has 27 heavy (non-hydrogen) atoms. The number of aromatic nitrogens is 4. The number of hydrogen-bond donors (Lipinski definition) is 2. The molecule has 9 heteroatoms. The molecule has 0 bridgehead atoms. The van der Waals surface area contributed by atoms with Gasteiger partial charge in [-0.3, -0.25) is 14.6 Å². The second kappa shape index (κ2) is 7.34. The first kappa shape index (κ1) is 17.4. The van der Waals surface area contributed by atoms with Crippen molar-refractivity contribution in [2.24, 2.45) is 0 Å². The van der Waals surface area contributed by atoms with Crippen molar-refractivity contribution in [2.45, 2.75) is 6.54 Å². The first-order valence-corrected chi connectivity index (χ1v) is 9.22. The minimum absolute atomic E-state index is 0.221. The van der Waals surface area contributed by atoms with E-state index >= 15 is 0 Å². The van der Waals surface area contributed by atoms with Gasteiger partial charge in [0.2, 0.25) is 0 Å². The zero-order chi connectivity index (χ0) is 18.8. The van der Waals surface area contributed by atoms with Crippen LogP contribution < -0.4 is 5.32 Å². The van der Waals surface area contributed by atoms with Gasteiger partial charge in [0.1, 0.15) is 10.8 Å². The molecule has 3 heterocycles. The number of benzene rings is 1. The fourth-order valence-electron chi connectivity index (χ4n) is 2.55. The maximum atomic E-state index is 13.3. The highest BCUT2D eigenvalue weighted by Crippen LogP contribution is 2.24. The van der Waals surface area contributed by atoms with Gasteiger partial charge in [0.25, 0.3) is 5.91 Å². The highest BCUT2D eigenvalue weighted by molar-refractivity contribution is 7.13. The molecule has 6 nitrogen and oxygen atoms in total. The number of carbonyl (C=O) groups is 1. The minimum atomic E-state index is -0.424. The molecule has 1 aromatic carbocycles. The number of anilines is 1. The zero-order valence-electron chi connectivity index (χ0n) is 13.8. The summed E-state index contributed by atoms with van der Waals surface area (Å²) in [4.78, 5) is 13.4. The number of hydrogen-bond acceptors (Lipinski definition) is 4. The van der Waals surface area contributed by atoms with Crippen molar-refractivity contribution < 1.29 is 9.18 Å². The van der Waals surface area contributed by atoms with Gasteiger partial charge in [-0.05, 0) is 35.2 Å². The van der Waals surface area contributed by atoms with Crippen LogP contribution in [0.15, 0.2) is 54.0 Å². The number of nitrogens with one attached hydrogen (secondary N) is 2. The van der Waals surface area contributed by atoms with Crippen LogP contribution in [0.5, 0.6) is 0 Å². The van der Waals surface area contributed by atoms with E-state index < -0.39 is 5.91 Å². The first-order chi connectivity index (χ1) is 13.1. The van der Waals surface area contributed by atoms with Crippen LogP contribution in [0.25, 0.3) is 10.6 Å². The van der Waals surface area contributed by atoms with Crippen LogP contribution in [0, 0.1) is 5.82 Å². The summed E-state index contributed by atoms with van der Waals surface area (Å²) in [6.45, 7) is 0.332. The van der Waals surface area contributed by atoms with Gasteiger partial charge in [0.15, 0.2) is 11.5 Å². The van der Waals surface area contributed by atoms with Crippen LogP contribution in [-0.2, 0) is 6.54 Å². The quantitative estimate of drug-likeness (QED) is 0.519. The van der Waals surface area contributed by atoms with Crippen LogP contribution in [-0.4, -0.2) is 25.9 Å². The van der Waals surface area contributed by atoms with Crippen molar-refractivity contribution in [2.75, 3.05) is 5.32 Å². The van der Waals surface area contributed by atoms with E-state index in [1.807, 2.05) is 17.5 Å². The van der Waals surface area contributed by atoms with E-state index in [-0.39, 0.29) is 22.4 Å². The van der Waals surface area contributed by atoms with Crippen molar-refractivity contribution in [3.05, 3.63) is 76.1 Å². The fraction of sp³-hybridized carbons (Fsp3) is 0.0556. The van der Waals surface area contributed by atoms with Crippen LogP contribution in [0.3, 0.4) is 0 Å². The number of amides is 1. The minimum Gasteiger partial charge on any atom is -0.302 e. The SMILES string of the molecule is O=C(Nc1nn(Cc2cccc(F)c2)cc1Cl)c1cc(-c2cccs2)[nH]n1. The lowest BCUT2D eigenvalue weighted by atomic mass is 10.2. The third kappa shape index (κ3) is 3.91. The Labute approximate surface area is 162 Å². The number of aromatic amines is 1. The summed E-state index contributed by atoms with van der Waals surface area (Å²) in [5.74, 6) is -0.523. The molecule has 0 aliphatic heterocycles. The van der Waals surface area contributed by atoms with E-state index in [4.69, 9.17) is 11.6 Å². The van der Waals surface area contributed by atoms with Gasteiger partial charge < -0.3 is 5.32 Å². The van der Waals surface area contributed by atoms with E-state index in [0.29, 0.717) is 6.54 Å². The van der Waals surface area contributed by atoms with E-state index in [9.17, 15) is 9.18 Å². The molecule has 0 unspecified atom stereocenters. The van der Waals surface area contributed by atoms with Gasteiger partial charge in [-0.2, -0.15) is 10.2 Å². The molecule has 136 valence electrons. The molecule has 0 aliphatic carbocycles. The van der Waals surface area contributed by atoms with Gasteiger partial charge in [-0.25, -0.2) is 4.39 Å². The highest BCUT2D eigenvalue weighted by Gasteiger charge is 2.16. The van der Waals surface area contributed by atoms with Crippen molar-refractivity contribution >= 4 is 34.7 Å². The van der Waals surface area contributed by atoms with Gasteiger partial charge in [-0.15, -0.1) is 11.3 Å². The second-order valence-corrected chi connectivity index (χ2v) is 7.11. The number of H-pyrrole nitrogens is 1. The predicted octanol–water partition coefficient (Wildman–Crippen LogP) is 4.43. The van der Waals surface area contributed by atoms with Crippen LogP contribution in [0.1, 0.15) is 16.1 Å². The summed E-state index contributed by atoms with van der Waals surface area (Å²) >= 11 is 7.71. The van der Waals surface area contributed by atoms with Crippen molar-refractivity contribution in [3.63, 3.8) is 0 Å². The van der Waals surface area contributed by atoms with E-state index in [1.165, 1.54) is 16.8 Å². The Kier molecular flexibility index (Phi) is 4.74. The van der Waals surface area contributed by atoms with E-state index in [2.05, 4.69) is 20.6 Å². The summed E-state index contributed by atoms with van der Waals surface area (Å²) in [7, 11) is 0. The third-order valence-electron chi connectivity index (χ3n) is 3.78. The predicted molar refractivity (Wildman–Crippen MR) is 103 cm³/mol. The topological polar surface area (TPSA) is 75.6 Å². The first-order valence-electron chi connectivity index (χ1n) is 7.96. The Morgan fingerprint density at radius 1 is 1.30 bits per heavy atom. The van der Waals surface area contributed by atoms with E-state index in [1.54, 1.807) is 35.7 Å². The molecule has 0 saturated carbocycles. The molecule has 4 aromatic rings. The summed E-state index contributed by atoms with van der Waals surface area (Å²) in [6, 6.07) is 11.7. The molecule has 0 aliphatic rings. The average molecular weight is 402 g/mol. The molecule has 0 spiro atoms. The molecule has 3 aromatic heterocycles. The largest absolute Gasteiger partial charge is 0.302 e. The number of thiophene rings is 1. The van der Waals surface area contributed by atoms with Gasteiger partial charge in [-0.1, -0.05) is 29.8 Å². The summed E-state index contributed by atoms with van der Waals surface area (Å²) < 4.78 is 14.8. The highest BCUT2D eigenvalue weighted by atomic mass is 35.5. The average Bonchev–Trinajstić information content (AvgIpc) is 3.36. The molecule has 1 amide bonds. The molecule has 0 saturated heterocycles. The Morgan fingerprint density at radius 2 is 2.19 bits per heavy atom. The zero-order valence-corrected chi connectivity index (χ0v) is 15.4. The maximum absolute atomic E-state index is 13.3. The molecule has 0 radical (unpaired) electrons. The van der Waals surface area contributed by atoms with Gasteiger partial charge >= 0.3 is 0 Å². The lowest BCUT2D eigenvalue weighted by Crippen LogP contribution is -2.13. The normalized spacial score (nSPS) is 10.9.